The molecule has 4 nitrogen and oxygen atoms in total. The number of rotatable bonds is 5. The van der Waals surface area contributed by atoms with E-state index in [1.54, 1.807) is 37.1 Å². The van der Waals surface area contributed by atoms with Crippen LogP contribution in [0.15, 0.2) is 41.3 Å². The van der Waals surface area contributed by atoms with E-state index in [-0.39, 0.29) is 5.91 Å². The number of hydrogen-bond donors (Lipinski definition) is 1. The van der Waals surface area contributed by atoms with Crippen LogP contribution in [0.1, 0.15) is 24.2 Å². The second-order valence-electron chi connectivity index (χ2n) is 5.59. The van der Waals surface area contributed by atoms with Gasteiger partial charge in [0.15, 0.2) is 5.13 Å². The molecular formula is C18H17ClN2O2S2. The van der Waals surface area contributed by atoms with E-state index in [1.807, 2.05) is 18.2 Å². The largest absolute Gasteiger partial charge is 0.494 e. The maximum atomic E-state index is 12.6. The number of methoxy groups -OCH3 is 1. The van der Waals surface area contributed by atoms with Crippen molar-refractivity contribution < 1.29 is 9.53 Å². The smallest absolute Gasteiger partial charge is 0.257 e. The van der Waals surface area contributed by atoms with Gasteiger partial charge in [0.2, 0.25) is 0 Å². The minimum Gasteiger partial charge on any atom is -0.494 e. The number of carbonyl (C=O) groups is 1. The summed E-state index contributed by atoms with van der Waals surface area (Å²) < 4.78 is 6.10. The number of nitrogens with one attached hydrogen (secondary N) is 1. The fourth-order valence-corrected chi connectivity index (χ4v) is 4.37. The van der Waals surface area contributed by atoms with Gasteiger partial charge in [-0.25, -0.2) is 4.98 Å². The van der Waals surface area contributed by atoms with Crippen molar-refractivity contribution in [3.8, 4) is 5.75 Å². The van der Waals surface area contributed by atoms with Crippen molar-refractivity contribution in [3.05, 3.63) is 47.0 Å². The van der Waals surface area contributed by atoms with Crippen LogP contribution in [-0.4, -0.2) is 23.3 Å². The second-order valence-corrected chi connectivity index (χ2v) is 8.65. The maximum absolute atomic E-state index is 12.6. The Kier molecular flexibility index (Phi) is 5.51. The molecule has 2 aromatic carbocycles. The van der Waals surface area contributed by atoms with Gasteiger partial charge in [-0.3, -0.25) is 10.1 Å². The fourth-order valence-electron chi connectivity index (χ4n) is 2.32. The number of carbonyl (C=O) groups excluding carboxylic acids is 1. The van der Waals surface area contributed by atoms with E-state index in [0.29, 0.717) is 32.2 Å². The van der Waals surface area contributed by atoms with Crippen molar-refractivity contribution in [2.75, 3.05) is 12.4 Å². The summed E-state index contributed by atoms with van der Waals surface area (Å²) in [7, 11) is 1.58. The average molecular weight is 393 g/mol. The summed E-state index contributed by atoms with van der Waals surface area (Å²) in [4.78, 5) is 18.1. The van der Waals surface area contributed by atoms with Crippen LogP contribution in [0.5, 0.6) is 5.75 Å². The van der Waals surface area contributed by atoms with Gasteiger partial charge in [-0.15, -0.1) is 11.8 Å². The summed E-state index contributed by atoms with van der Waals surface area (Å²) in [6.07, 6.45) is 0. The van der Waals surface area contributed by atoms with E-state index < -0.39 is 0 Å². The number of aromatic nitrogens is 1. The molecule has 25 heavy (non-hydrogen) atoms. The molecule has 1 heterocycles. The van der Waals surface area contributed by atoms with Crippen LogP contribution in [0.4, 0.5) is 5.13 Å². The van der Waals surface area contributed by atoms with Crippen LogP contribution in [0, 0.1) is 0 Å². The van der Waals surface area contributed by atoms with Gasteiger partial charge in [0, 0.05) is 15.7 Å². The van der Waals surface area contributed by atoms with Crippen LogP contribution in [0.2, 0.25) is 5.02 Å². The summed E-state index contributed by atoms with van der Waals surface area (Å²) in [5.74, 6) is 0.437. The SMILES string of the molecule is COc1ccc(Cl)c2sc(NC(=O)c3cccc(SC(C)C)c3)nc12. The molecule has 1 amide bonds. The first-order valence-corrected chi connectivity index (χ1v) is 9.76. The predicted molar refractivity (Wildman–Crippen MR) is 107 cm³/mol. The standard InChI is InChI=1S/C18H17ClN2O2S2/c1-10(2)24-12-6-4-5-11(9-12)17(22)21-18-20-15-14(23-3)8-7-13(19)16(15)25-18/h4-10H,1-3H3,(H,20,21,22). The molecule has 130 valence electrons. The number of hydrogen-bond acceptors (Lipinski definition) is 5. The first kappa shape index (κ1) is 18.0. The van der Waals surface area contributed by atoms with Gasteiger partial charge in [0.1, 0.15) is 11.3 Å². The summed E-state index contributed by atoms with van der Waals surface area (Å²) in [5, 5.41) is 4.39. The quantitative estimate of drug-likeness (QED) is 0.565. The molecule has 3 aromatic rings. The van der Waals surface area contributed by atoms with Gasteiger partial charge in [0.25, 0.3) is 5.91 Å². The zero-order valence-corrected chi connectivity index (χ0v) is 16.4. The Bertz CT molecular complexity index is 925. The van der Waals surface area contributed by atoms with E-state index in [2.05, 4.69) is 24.1 Å². The Labute approximate surface area is 159 Å². The van der Waals surface area contributed by atoms with Crippen molar-refractivity contribution in [1.82, 2.24) is 4.98 Å². The van der Waals surface area contributed by atoms with E-state index in [0.717, 1.165) is 9.60 Å². The van der Waals surface area contributed by atoms with Gasteiger partial charge in [-0.2, -0.15) is 0 Å². The molecule has 0 radical (unpaired) electrons. The highest BCUT2D eigenvalue weighted by Crippen LogP contribution is 2.37. The summed E-state index contributed by atoms with van der Waals surface area (Å²) in [6, 6.07) is 11.1. The Morgan fingerprint density at radius 1 is 1.32 bits per heavy atom. The highest BCUT2D eigenvalue weighted by atomic mass is 35.5. The summed E-state index contributed by atoms with van der Waals surface area (Å²) in [5.41, 5.74) is 1.25. The molecule has 1 N–H and O–H groups in total. The number of benzene rings is 2. The number of halogens is 1. The molecule has 1 aromatic heterocycles. The van der Waals surface area contributed by atoms with Crippen LogP contribution in [0.3, 0.4) is 0 Å². The lowest BCUT2D eigenvalue weighted by Gasteiger charge is -2.07. The minimum atomic E-state index is -0.194. The molecule has 0 saturated carbocycles. The first-order valence-electron chi connectivity index (χ1n) is 7.69. The summed E-state index contributed by atoms with van der Waals surface area (Å²) in [6.45, 7) is 4.24. The Morgan fingerprint density at radius 2 is 2.12 bits per heavy atom. The monoisotopic (exact) mass is 392 g/mol. The summed E-state index contributed by atoms with van der Waals surface area (Å²) >= 11 is 9.27. The van der Waals surface area contributed by atoms with Crippen molar-refractivity contribution >= 4 is 56.0 Å². The normalized spacial score (nSPS) is 11.1. The van der Waals surface area contributed by atoms with Gasteiger partial charge >= 0.3 is 0 Å². The van der Waals surface area contributed by atoms with Crippen molar-refractivity contribution in [1.29, 1.82) is 0 Å². The minimum absolute atomic E-state index is 0.194. The van der Waals surface area contributed by atoms with E-state index >= 15 is 0 Å². The molecule has 7 heteroatoms. The van der Waals surface area contributed by atoms with Gasteiger partial charge in [0.05, 0.1) is 16.8 Å². The molecule has 0 unspecified atom stereocenters. The van der Waals surface area contributed by atoms with Crippen molar-refractivity contribution in [3.63, 3.8) is 0 Å². The number of thioether (sulfide) groups is 1. The zero-order valence-electron chi connectivity index (χ0n) is 14.0. The average Bonchev–Trinajstić information content (AvgIpc) is 2.99. The van der Waals surface area contributed by atoms with Gasteiger partial charge in [-0.1, -0.05) is 42.9 Å². The number of fused-ring (bicyclic) bond motifs is 1. The highest BCUT2D eigenvalue weighted by Gasteiger charge is 2.15. The lowest BCUT2D eigenvalue weighted by molar-refractivity contribution is 0.102. The van der Waals surface area contributed by atoms with Gasteiger partial charge < -0.3 is 4.74 Å². The van der Waals surface area contributed by atoms with Crippen LogP contribution >= 0.6 is 34.7 Å². The lowest BCUT2D eigenvalue weighted by Crippen LogP contribution is -2.11. The first-order chi connectivity index (χ1) is 12.0. The Morgan fingerprint density at radius 3 is 2.84 bits per heavy atom. The third-order valence-corrected chi connectivity index (χ3v) is 5.80. The number of anilines is 1. The van der Waals surface area contributed by atoms with E-state index in [4.69, 9.17) is 16.3 Å². The van der Waals surface area contributed by atoms with Gasteiger partial charge in [-0.05, 0) is 30.3 Å². The molecule has 0 bridgehead atoms. The molecule has 0 saturated heterocycles. The lowest BCUT2D eigenvalue weighted by atomic mass is 10.2. The third-order valence-electron chi connectivity index (χ3n) is 3.37. The van der Waals surface area contributed by atoms with Crippen LogP contribution < -0.4 is 10.1 Å². The Balaban J connectivity index is 1.86. The maximum Gasteiger partial charge on any atom is 0.257 e. The topological polar surface area (TPSA) is 51.2 Å². The van der Waals surface area contributed by atoms with E-state index in [1.165, 1.54) is 11.3 Å². The fraction of sp³-hybridized carbons (Fsp3) is 0.222. The molecule has 0 aliphatic carbocycles. The highest BCUT2D eigenvalue weighted by molar-refractivity contribution is 7.99. The number of nitrogens with zero attached hydrogens (tertiary/aromatic N) is 1. The molecular weight excluding hydrogens is 376 g/mol. The van der Waals surface area contributed by atoms with Crippen LogP contribution in [-0.2, 0) is 0 Å². The number of ether oxygens (including phenoxy) is 1. The van der Waals surface area contributed by atoms with Crippen molar-refractivity contribution in [2.24, 2.45) is 0 Å². The molecule has 0 atom stereocenters. The zero-order chi connectivity index (χ0) is 18.0. The molecule has 0 spiro atoms. The molecule has 0 aliphatic heterocycles. The second kappa shape index (κ2) is 7.64. The molecule has 0 fully saturated rings. The van der Waals surface area contributed by atoms with Crippen LogP contribution in [0.25, 0.3) is 10.2 Å². The Hall–Kier alpha value is -1.76. The molecule has 0 aliphatic rings. The van der Waals surface area contributed by atoms with Crippen molar-refractivity contribution in [2.45, 2.75) is 24.0 Å². The predicted octanol–water partition coefficient (Wildman–Crippen LogP) is 5.71. The molecule has 3 rings (SSSR count). The third kappa shape index (κ3) is 4.08. The number of thiazole rings is 1. The van der Waals surface area contributed by atoms with E-state index in [9.17, 15) is 4.79 Å². The number of amides is 1.